The number of halogens is 2. The molecule has 0 fully saturated rings. The second-order valence-corrected chi connectivity index (χ2v) is 7.41. The summed E-state index contributed by atoms with van der Waals surface area (Å²) in [6, 6.07) is 2.29. The minimum absolute atomic E-state index is 0.173. The van der Waals surface area contributed by atoms with Gasteiger partial charge in [0.05, 0.1) is 19.1 Å². The largest absolute Gasteiger partial charge is 0.467 e. The van der Waals surface area contributed by atoms with Crippen LogP contribution in [0.15, 0.2) is 24.5 Å². The van der Waals surface area contributed by atoms with Crippen molar-refractivity contribution in [2.24, 2.45) is 5.92 Å². The van der Waals surface area contributed by atoms with Crippen molar-refractivity contribution in [3.63, 3.8) is 0 Å². The molecule has 0 unspecified atom stereocenters. The van der Waals surface area contributed by atoms with Gasteiger partial charge >= 0.3 is 12.0 Å². The molecule has 1 aromatic heterocycles. The smallest absolute Gasteiger partial charge is 0.328 e. The van der Waals surface area contributed by atoms with Gasteiger partial charge in [-0.1, -0.05) is 31.5 Å². The highest BCUT2D eigenvalue weighted by atomic mass is 35.5. The zero-order chi connectivity index (χ0) is 20.4. The first-order valence-electron chi connectivity index (χ1n) is 8.95. The third-order valence-electron chi connectivity index (χ3n) is 4.84. The van der Waals surface area contributed by atoms with Crippen molar-refractivity contribution in [1.82, 2.24) is 20.2 Å². The first-order chi connectivity index (χ1) is 13.3. The van der Waals surface area contributed by atoms with Crippen molar-refractivity contribution >= 4 is 23.6 Å². The molecule has 28 heavy (non-hydrogen) atoms. The molecule has 9 heteroatoms. The van der Waals surface area contributed by atoms with Gasteiger partial charge in [0, 0.05) is 29.2 Å². The summed E-state index contributed by atoms with van der Waals surface area (Å²) in [6.07, 6.45) is 2.07. The number of nitrogens with zero attached hydrogens (tertiary/aromatic N) is 2. The van der Waals surface area contributed by atoms with Crippen LogP contribution in [0.25, 0.3) is 0 Å². The van der Waals surface area contributed by atoms with Gasteiger partial charge in [0.15, 0.2) is 0 Å². The molecule has 7 nitrogen and oxygen atoms in total. The van der Waals surface area contributed by atoms with E-state index in [0.29, 0.717) is 18.7 Å². The van der Waals surface area contributed by atoms with E-state index < -0.39 is 29.9 Å². The number of methoxy groups -OCH3 is 1. The number of carbonyl (C=O) groups excluding carboxylic acids is 2. The van der Waals surface area contributed by atoms with Crippen LogP contribution in [0.4, 0.5) is 9.18 Å². The van der Waals surface area contributed by atoms with Gasteiger partial charge in [-0.05, 0) is 18.1 Å². The second kappa shape index (κ2) is 8.18. The van der Waals surface area contributed by atoms with E-state index in [9.17, 15) is 14.0 Å². The van der Waals surface area contributed by atoms with E-state index in [4.69, 9.17) is 16.3 Å². The quantitative estimate of drug-likeness (QED) is 0.761. The van der Waals surface area contributed by atoms with Crippen LogP contribution in [0, 0.1) is 11.7 Å². The Labute approximate surface area is 167 Å². The van der Waals surface area contributed by atoms with E-state index in [0.717, 1.165) is 5.69 Å². The molecular formula is C19H22ClFN4O3. The Hall–Kier alpha value is -2.61. The first-order valence-corrected chi connectivity index (χ1v) is 9.33. The number of urea groups is 1. The minimum atomic E-state index is -0.811. The van der Waals surface area contributed by atoms with Crippen LogP contribution in [0.2, 0.25) is 5.02 Å². The van der Waals surface area contributed by atoms with Crippen LogP contribution >= 0.6 is 11.6 Å². The molecule has 2 aromatic rings. The van der Waals surface area contributed by atoms with Gasteiger partial charge in [0.25, 0.3) is 0 Å². The van der Waals surface area contributed by atoms with Crippen LogP contribution in [-0.4, -0.2) is 46.6 Å². The highest BCUT2D eigenvalue weighted by molar-refractivity contribution is 6.30. The van der Waals surface area contributed by atoms with Crippen molar-refractivity contribution in [2.45, 2.75) is 32.4 Å². The van der Waals surface area contributed by atoms with Crippen molar-refractivity contribution in [2.75, 3.05) is 13.7 Å². The normalized spacial score (nSPS) is 17.2. The van der Waals surface area contributed by atoms with Crippen molar-refractivity contribution in [1.29, 1.82) is 0 Å². The number of nitrogens with one attached hydrogen (secondary N) is 2. The van der Waals surface area contributed by atoms with Crippen molar-refractivity contribution in [3.05, 3.63) is 52.3 Å². The molecule has 3 rings (SSSR count). The maximum Gasteiger partial charge on any atom is 0.328 e. The molecule has 150 valence electrons. The minimum Gasteiger partial charge on any atom is -0.467 e. The summed E-state index contributed by atoms with van der Waals surface area (Å²) in [5.41, 5.74) is 1.70. The molecule has 0 radical (unpaired) electrons. The van der Waals surface area contributed by atoms with E-state index in [2.05, 4.69) is 15.3 Å². The monoisotopic (exact) mass is 408 g/mol. The summed E-state index contributed by atoms with van der Waals surface area (Å²) in [6.45, 7) is 3.94. The number of amides is 2. The standard InChI is InChI=1S/C19H22ClFN4O3/c1-10(2)15(18(26)28-3)24-19(27)25-7-6-14-16(23-9-22-14)17(25)12-5-4-11(20)8-13(12)21/h4-5,8-10,15,17H,6-7H2,1-3H3,(H,22,23)(H,24,27)/t15-,17+/m0/s1. The summed E-state index contributed by atoms with van der Waals surface area (Å²) in [5, 5.41) is 2.98. The number of carbonyl (C=O) groups is 2. The van der Waals surface area contributed by atoms with Gasteiger partial charge in [-0.15, -0.1) is 0 Å². The van der Waals surface area contributed by atoms with Crippen LogP contribution in [0.5, 0.6) is 0 Å². The lowest BCUT2D eigenvalue weighted by molar-refractivity contribution is -0.144. The van der Waals surface area contributed by atoms with Gasteiger partial charge in [0.2, 0.25) is 0 Å². The van der Waals surface area contributed by atoms with E-state index in [-0.39, 0.29) is 16.5 Å². The lowest BCUT2D eigenvalue weighted by Gasteiger charge is -2.36. The van der Waals surface area contributed by atoms with Crippen LogP contribution in [0.1, 0.15) is 36.8 Å². The molecule has 0 bridgehead atoms. The lowest BCUT2D eigenvalue weighted by atomic mass is 9.95. The number of esters is 1. The zero-order valence-electron chi connectivity index (χ0n) is 15.8. The molecular weight excluding hydrogens is 387 g/mol. The van der Waals surface area contributed by atoms with Crippen molar-refractivity contribution < 1.29 is 18.7 Å². The number of aromatic nitrogens is 2. The molecule has 1 aromatic carbocycles. The predicted octanol–water partition coefficient (Wildman–Crippen LogP) is 3.06. The average molecular weight is 409 g/mol. The number of ether oxygens (including phenoxy) is 1. The molecule has 0 spiro atoms. The Kier molecular flexibility index (Phi) is 5.88. The third kappa shape index (κ3) is 3.82. The number of hydrogen-bond acceptors (Lipinski definition) is 4. The van der Waals surface area contributed by atoms with Crippen LogP contribution in [-0.2, 0) is 16.0 Å². The Balaban J connectivity index is 1.96. The first kappa shape index (κ1) is 20.1. The van der Waals surface area contributed by atoms with Gasteiger partial charge in [0.1, 0.15) is 17.9 Å². The highest BCUT2D eigenvalue weighted by Crippen LogP contribution is 2.35. The Morgan fingerprint density at radius 3 is 2.82 bits per heavy atom. The van der Waals surface area contributed by atoms with E-state index >= 15 is 0 Å². The van der Waals surface area contributed by atoms with Gasteiger partial charge in [-0.25, -0.2) is 19.0 Å². The topological polar surface area (TPSA) is 87.3 Å². The number of aromatic amines is 1. The summed E-state index contributed by atoms with van der Waals surface area (Å²) in [5.74, 6) is -1.23. The van der Waals surface area contributed by atoms with Gasteiger partial charge < -0.3 is 19.9 Å². The van der Waals surface area contributed by atoms with Crippen LogP contribution < -0.4 is 5.32 Å². The number of rotatable bonds is 4. The van der Waals surface area contributed by atoms with E-state index in [1.165, 1.54) is 24.4 Å². The van der Waals surface area contributed by atoms with Crippen LogP contribution in [0.3, 0.4) is 0 Å². The zero-order valence-corrected chi connectivity index (χ0v) is 16.6. The average Bonchev–Trinajstić information content (AvgIpc) is 3.13. The Morgan fingerprint density at radius 1 is 1.43 bits per heavy atom. The summed E-state index contributed by atoms with van der Waals surface area (Å²) in [7, 11) is 1.27. The fraction of sp³-hybridized carbons (Fsp3) is 0.421. The van der Waals surface area contributed by atoms with Crippen molar-refractivity contribution in [3.8, 4) is 0 Å². The lowest BCUT2D eigenvalue weighted by Crippen LogP contribution is -2.53. The number of H-pyrrole nitrogens is 1. The Bertz CT molecular complexity index is 886. The SMILES string of the molecule is COC(=O)[C@@H](NC(=O)N1CCc2[nH]cnc2[C@H]1c1ccc(Cl)cc1F)C(C)C. The molecule has 0 saturated carbocycles. The summed E-state index contributed by atoms with van der Waals surface area (Å²) in [4.78, 5) is 33.9. The molecule has 2 heterocycles. The summed E-state index contributed by atoms with van der Waals surface area (Å²) >= 11 is 5.88. The maximum absolute atomic E-state index is 14.7. The molecule has 1 aliphatic rings. The van der Waals surface area contributed by atoms with Gasteiger partial charge in [-0.2, -0.15) is 0 Å². The summed E-state index contributed by atoms with van der Waals surface area (Å²) < 4.78 is 19.5. The number of fused-ring (bicyclic) bond motifs is 1. The maximum atomic E-state index is 14.7. The number of imidazole rings is 1. The number of hydrogen-bond donors (Lipinski definition) is 2. The van der Waals surface area contributed by atoms with Gasteiger partial charge in [-0.3, -0.25) is 0 Å². The number of benzene rings is 1. The molecule has 2 N–H and O–H groups in total. The fourth-order valence-electron chi connectivity index (χ4n) is 3.37. The molecule has 1 aliphatic heterocycles. The second-order valence-electron chi connectivity index (χ2n) is 6.97. The molecule has 0 saturated heterocycles. The highest BCUT2D eigenvalue weighted by Gasteiger charge is 2.37. The van der Waals surface area contributed by atoms with E-state index in [1.807, 2.05) is 0 Å². The Morgan fingerprint density at radius 2 is 2.18 bits per heavy atom. The molecule has 2 amide bonds. The van der Waals surface area contributed by atoms with E-state index in [1.54, 1.807) is 26.0 Å². The molecule has 2 atom stereocenters. The third-order valence-corrected chi connectivity index (χ3v) is 5.08. The predicted molar refractivity (Wildman–Crippen MR) is 101 cm³/mol. The fourth-order valence-corrected chi connectivity index (χ4v) is 3.53. The molecule has 0 aliphatic carbocycles.